The highest BCUT2D eigenvalue weighted by Gasteiger charge is 2.24. The van der Waals surface area contributed by atoms with Crippen LogP contribution in [0.3, 0.4) is 0 Å². The normalized spacial score (nSPS) is 16.3. The molecule has 1 aliphatic heterocycles. The van der Waals surface area contributed by atoms with E-state index in [9.17, 15) is 13.2 Å². The minimum absolute atomic E-state index is 0.0218. The highest BCUT2D eigenvalue weighted by molar-refractivity contribution is 7.91. The van der Waals surface area contributed by atoms with Gasteiger partial charge in [-0.05, 0) is 11.6 Å². The van der Waals surface area contributed by atoms with E-state index in [2.05, 4.69) is 17.0 Å². The van der Waals surface area contributed by atoms with Crippen molar-refractivity contribution < 1.29 is 13.2 Å². The number of thiophene rings is 1. The molecular weight excluding hydrogens is 346 g/mol. The predicted octanol–water partition coefficient (Wildman–Crippen LogP) is 1.35. The third kappa shape index (κ3) is 4.02. The van der Waals surface area contributed by atoms with Crippen LogP contribution in [-0.2, 0) is 16.6 Å². The first-order valence-corrected chi connectivity index (χ1v) is 10.0. The van der Waals surface area contributed by atoms with Gasteiger partial charge in [-0.25, -0.2) is 13.6 Å². The van der Waals surface area contributed by atoms with Gasteiger partial charge in [0.15, 0.2) is 0 Å². The van der Waals surface area contributed by atoms with Gasteiger partial charge in [-0.1, -0.05) is 30.3 Å². The van der Waals surface area contributed by atoms with Crippen LogP contribution in [0.15, 0.2) is 46.0 Å². The zero-order valence-electron chi connectivity index (χ0n) is 13.1. The van der Waals surface area contributed by atoms with E-state index in [0.717, 1.165) is 31.0 Å². The monoisotopic (exact) mass is 365 g/mol. The maximum absolute atomic E-state index is 12.5. The standard InChI is InChI=1S/C16H19N3O3S2/c17-24(21,22)15-10-14(12-23-15)16(20)19-8-6-18(7-9-19)11-13-4-2-1-3-5-13/h1-5,10,12H,6-9,11H2,(H2,17,21,22). The number of primary sulfonamides is 1. The molecule has 0 aliphatic carbocycles. The third-order valence-corrected chi connectivity index (χ3v) is 6.40. The molecule has 0 bridgehead atoms. The summed E-state index contributed by atoms with van der Waals surface area (Å²) in [5, 5.41) is 6.65. The van der Waals surface area contributed by atoms with Crippen molar-refractivity contribution in [3.8, 4) is 0 Å². The van der Waals surface area contributed by atoms with Gasteiger partial charge in [0.2, 0.25) is 10.0 Å². The fraction of sp³-hybridized carbons (Fsp3) is 0.312. The molecule has 2 N–H and O–H groups in total. The molecule has 0 radical (unpaired) electrons. The van der Waals surface area contributed by atoms with Crippen LogP contribution in [0.25, 0.3) is 0 Å². The Bertz CT molecular complexity index is 810. The molecule has 0 spiro atoms. The molecule has 1 aromatic carbocycles. The van der Waals surface area contributed by atoms with Crippen LogP contribution in [0.4, 0.5) is 0 Å². The number of sulfonamides is 1. The second-order valence-electron chi connectivity index (χ2n) is 5.75. The summed E-state index contributed by atoms with van der Waals surface area (Å²) in [4.78, 5) is 16.6. The van der Waals surface area contributed by atoms with E-state index in [4.69, 9.17) is 5.14 Å². The van der Waals surface area contributed by atoms with Gasteiger partial charge in [0.1, 0.15) is 4.21 Å². The molecule has 1 fully saturated rings. The lowest BCUT2D eigenvalue weighted by Gasteiger charge is -2.34. The molecule has 8 heteroatoms. The second kappa shape index (κ2) is 7.02. The van der Waals surface area contributed by atoms with Crippen LogP contribution in [-0.4, -0.2) is 50.3 Å². The molecule has 6 nitrogen and oxygen atoms in total. The molecule has 0 unspecified atom stereocenters. The lowest BCUT2D eigenvalue weighted by Crippen LogP contribution is -2.48. The Balaban J connectivity index is 1.58. The van der Waals surface area contributed by atoms with Gasteiger partial charge in [-0.15, -0.1) is 11.3 Å². The Morgan fingerprint density at radius 3 is 2.38 bits per heavy atom. The molecule has 128 valence electrons. The summed E-state index contributed by atoms with van der Waals surface area (Å²) in [6.07, 6.45) is 0. The summed E-state index contributed by atoms with van der Waals surface area (Å²) >= 11 is 0.980. The van der Waals surface area contributed by atoms with Crippen LogP contribution in [0, 0.1) is 0 Å². The summed E-state index contributed by atoms with van der Waals surface area (Å²) in [6.45, 7) is 3.73. The number of benzene rings is 1. The van der Waals surface area contributed by atoms with Crippen molar-refractivity contribution in [3.63, 3.8) is 0 Å². The summed E-state index contributed by atoms with van der Waals surface area (Å²) in [7, 11) is -3.75. The lowest BCUT2D eigenvalue weighted by molar-refractivity contribution is 0.0629. The van der Waals surface area contributed by atoms with Crippen LogP contribution >= 0.6 is 11.3 Å². The van der Waals surface area contributed by atoms with Crippen LogP contribution in [0.2, 0.25) is 0 Å². The van der Waals surface area contributed by atoms with Gasteiger partial charge in [0, 0.05) is 38.1 Å². The zero-order valence-corrected chi connectivity index (χ0v) is 14.7. The van der Waals surface area contributed by atoms with Gasteiger partial charge in [-0.3, -0.25) is 9.69 Å². The van der Waals surface area contributed by atoms with E-state index in [1.165, 1.54) is 11.6 Å². The number of hydrogen-bond donors (Lipinski definition) is 1. The Hall–Kier alpha value is -1.74. The van der Waals surface area contributed by atoms with E-state index in [0.29, 0.717) is 18.7 Å². The van der Waals surface area contributed by atoms with Crippen LogP contribution in [0.5, 0.6) is 0 Å². The molecule has 2 heterocycles. The van der Waals surface area contributed by atoms with Crippen molar-refractivity contribution in [2.45, 2.75) is 10.8 Å². The Morgan fingerprint density at radius 2 is 1.79 bits per heavy atom. The van der Waals surface area contributed by atoms with E-state index in [1.807, 2.05) is 18.2 Å². The predicted molar refractivity (Wildman–Crippen MR) is 93.3 cm³/mol. The SMILES string of the molecule is NS(=O)(=O)c1cc(C(=O)N2CCN(Cc3ccccc3)CC2)cs1. The number of nitrogens with two attached hydrogens (primary N) is 1. The van der Waals surface area contributed by atoms with E-state index >= 15 is 0 Å². The summed E-state index contributed by atoms with van der Waals surface area (Å²) < 4.78 is 22.7. The fourth-order valence-electron chi connectivity index (χ4n) is 2.71. The van der Waals surface area contributed by atoms with Crippen molar-refractivity contribution in [1.29, 1.82) is 0 Å². The Kier molecular flexibility index (Phi) is 5.00. The number of piperazine rings is 1. The first kappa shape index (κ1) is 17.1. The number of carbonyl (C=O) groups is 1. The molecule has 2 aromatic rings. The lowest BCUT2D eigenvalue weighted by atomic mass is 10.2. The van der Waals surface area contributed by atoms with Crippen molar-refractivity contribution >= 4 is 27.3 Å². The van der Waals surface area contributed by atoms with Crippen molar-refractivity contribution in [2.24, 2.45) is 5.14 Å². The molecule has 1 saturated heterocycles. The minimum Gasteiger partial charge on any atom is -0.336 e. The summed E-state index contributed by atoms with van der Waals surface area (Å²) in [6, 6.07) is 11.6. The Labute approximate surface area is 145 Å². The summed E-state index contributed by atoms with van der Waals surface area (Å²) in [5.74, 6) is -0.138. The average molecular weight is 365 g/mol. The first-order chi connectivity index (χ1) is 11.4. The minimum atomic E-state index is -3.75. The van der Waals surface area contributed by atoms with Gasteiger partial charge in [-0.2, -0.15) is 0 Å². The van der Waals surface area contributed by atoms with Gasteiger partial charge in [0.05, 0.1) is 5.56 Å². The molecule has 24 heavy (non-hydrogen) atoms. The van der Waals surface area contributed by atoms with E-state index < -0.39 is 10.0 Å². The van der Waals surface area contributed by atoms with E-state index in [-0.39, 0.29) is 10.1 Å². The number of hydrogen-bond acceptors (Lipinski definition) is 5. The molecule has 0 saturated carbocycles. The maximum Gasteiger partial charge on any atom is 0.254 e. The zero-order chi connectivity index (χ0) is 17.2. The maximum atomic E-state index is 12.5. The van der Waals surface area contributed by atoms with Crippen molar-refractivity contribution in [2.75, 3.05) is 26.2 Å². The average Bonchev–Trinajstić information content (AvgIpc) is 3.06. The number of rotatable bonds is 4. The van der Waals surface area contributed by atoms with Crippen LogP contribution in [0.1, 0.15) is 15.9 Å². The molecule has 3 rings (SSSR count). The molecule has 1 aliphatic rings. The number of amides is 1. The number of nitrogens with zero attached hydrogens (tertiary/aromatic N) is 2. The first-order valence-electron chi connectivity index (χ1n) is 7.60. The molecule has 0 atom stereocenters. The highest BCUT2D eigenvalue weighted by atomic mass is 32.2. The van der Waals surface area contributed by atoms with E-state index in [1.54, 1.807) is 10.3 Å². The largest absolute Gasteiger partial charge is 0.336 e. The molecular formula is C16H19N3O3S2. The molecule has 1 amide bonds. The van der Waals surface area contributed by atoms with Gasteiger partial charge in [0.25, 0.3) is 5.91 Å². The van der Waals surface area contributed by atoms with Gasteiger partial charge >= 0.3 is 0 Å². The number of carbonyl (C=O) groups excluding carboxylic acids is 1. The summed E-state index contributed by atoms with van der Waals surface area (Å²) in [5.41, 5.74) is 1.65. The second-order valence-corrected chi connectivity index (χ2v) is 8.45. The smallest absolute Gasteiger partial charge is 0.254 e. The van der Waals surface area contributed by atoms with Crippen molar-refractivity contribution in [1.82, 2.24) is 9.80 Å². The van der Waals surface area contributed by atoms with Gasteiger partial charge < -0.3 is 4.90 Å². The fourth-order valence-corrected chi connectivity index (χ4v) is 4.29. The quantitative estimate of drug-likeness (QED) is 0.887. The van der Waals surface area contributed by atoms with Crippen LogP contribution < -0.4 is 5.14 Å². The highest BCUT2D eigenvalue weighted by Crippen LogP contribution is 2.21. The van der Waals surface area contributed by atoms with Crippen molar-refractivity contribution in [3.05, 3.63) is 52.9 Å². The topological polar surface area (TPSA) is 83.7 Å². The third-order valence-electron chi connectivity index (χ3n) is 4.01. The Morgan fingerprint density at radius 1 is 1.12 bits per heavy atom. The molecule has 1 aromatic heterocycles.